The summed E-state index contributed by atoms with van der Waals surface area (Å²) in [6, 6.07) is 7.55. The molecule has 1 aromatic carbocycles. The molecule has 1 aliphatic heterocycles. The summed E-state index contributed by atoms with van der Waals surface area (Å²) in [5, 5.41) is 7.54. The maximum Gasteiger partial charge on any atom is 0.256 e. The van der Waals surface area contributed by atoms with Crippen LogP contribution in [0.4, 0.5) is 5.69 Å². The van der Waals surface area contributed by atoms with Crippen LogP contribution in [0.3, 0.4) is 0 Å². The molecule has 2 amide bonds. The third-order valence-electron chi connectivity index (χ3n) is 4.64. The summed E-state index contributed by atoms with van der Waals surface area (Å²) >= 11 is 12.2. The van der Waals surface area contributed by atoms with Crippen LogP contribution >= 0.6 is 23.2 Å². The van der Waals surface area contributed by atoms with Crippen molar-refractivity contribution in [3.63, 3.8) is 0 Å². The van der Waals surface area contributed by atoms with Gasteiger partial charge in [-0.05, 0) is 43.2 Å². The lowest BCUT2D eigenvalue weighted by Crippen LogP contribution is -2.43. The van der Waals surface area contributed by atoms with Crippen molar-refractivity contribution in [2.45, 2.75) is 18.9 Å². The number of rotatable bonds is 4. The molecule has 0 aliphatic carbocycles. The Kier molecular flexibility index (Phi) is 5.46. The van der Waals surface area contributed by atoms with E-state index in [1.54, 1.807) is 24.3 Å². The fraction of sp³-hybridized carbons (Fsp3) is 0.211. The van der Waals surface area contributed by atoms with Gasteiger partial charge >= 0.3 is 0 Å². The van der Waals surface area contributed by atoms with Crippen molar-refractivity contribution >= 4 is 40.7 Å². The Balaban J connectivity index is 1.48. The van der Waals surface area contributed by atoms with Gasteiger partial charge in [0.2, 0.25) is 5.91 Å². The van der Waals surface area contributed by atoms with E-state index in [9.17, 15) is 9.59 Å². The first kappa shape index (κ1) is 19.4. The number of anilines is 1. The van der Waals surface area contributed by atoms with Gasteiger partial charge in [-0.1, -0.05) is 23.2 Å². The van der Waals surface area contributed by atoms with Crippen LogP contribution in [0.1, 0.15) is 23.2 Å². The second-order valence-corrected chi connectivity index (χ2v) is 7.36. The molecule has 1 unspecified atom stereocenters. The van der Waals surface area contributed by atoms with Crippen molar-refractivity contribution in [1.82, 2.24) is 24.6 Å². The summed E-state index contributed by atoms with van der Waals surface area (Å²) in [5.41, 5.74) is 0.816. The molecule has 1 aliphatic rings. The number of likely N-dealkylation sites (tertiary alicyclic amines) is 1. The Labute approximate surface area is 176 Å². The van der Waals surface area contributed by atoms with Crippen molar-refractivity contribution in [3.05, 3.63) is 64.8 Å². The van der Waals surface area contributed by atoms with Crippen LogP contribution in [0, 0.1) is 0 Å². The maximum absolute atomic E-state index is 12.9. The standard InChI is InChI=1S/C19H16Cl2N6O2/c20-12-3-5-15(21)14(8-12)19(29)26-7-1-2-16(26)18(28)25-13-4-6-17(23-9-13)27-11-22-10-24-27/h3-6,8-11,16H,1-2,7H2,(H,25,28). The third-order valence-corrected chi connectivity index (χ3v) is 5.21. The summed E-state index contributed by atoms with van der Waals surface area (Å²) in [6.45, 7) is 0.475. The predicted octanol–water partition coefficient (Wildman–Crippen LogP) is 3.21. The van der Waals surface area contributed by atoms with E-state index in [0.29, 0.717) is 34.5 Å². The van der Waals surface area contributed by atoms with Crippen molar-refractivity contribution in [2.75, 3.05) is 11.9 Å². The minimum absolute atomic E-state index is 0.274. The zero-order chi connectivity index (χ0) is 20.4. The first-order chi connectivity index (χ1) is 14.0. The van der Waals surface area contributed by atoms with Crippen LogP contribution in [0.25, 0.3) is 5.82 Å². The van der Waals surface area contributed by atoms with Crippen LogP contribution in [-0.2, 0) is 4.79 Å². The highest BCUT2D eigenvalue weighted by Crippen LogP contribution is 2.27. The number of hydrogen-bond acceptors (Lipinski definition) is 5. The number of benzene rings is 1. The summed E-state index contributed by atoms with van der Waals surface area (Å²) < 4.78 is 1.51. The van der Waals surface area contributed by atoms with Crippen molar-refractivity contribution in [2.24, 2.45) is 0 Å². The molecule has 3 aromatic rings. The molecule has 148 valence electrons. The van der Waals surface area contributed by atoms with Crippen LogP contribution in [0.5, 0.6) is 0 Å². The average molecular weight is 431 g/mol. The van der Waals surface area contributed by atoms with E-state index in [1.807, 2.05) is 0 Å². The second kappa shape index (κ2) is 8.18. The number of pyridine rings is 1. The fourth-order valence-corrected chi connectivity index (χ4v) is 3.62. The SMILES string of the molecule is O=C(Nc1ccc(-n2cncn2)nc1)C1CCCN1C(=O)c1cc(Cl)ccc1Cl. The van der Waals surface area contributed by atoms with E-state index in [1.165, 1.54) is 34.5 Å². The van der Waals surface area contributed by atoms with Crippen LogP contribution in [0.15, 0.2) is 49.2 Å². The Morgan fingerprint density at radius 1 is 1.17 bits per heavy atom. The number of amides is 2. The summed E-state index contributed by atoms with van der Waals surface area (Å²) in [7, 11) is 0. The predicted molar refractivity (Wildman–Crippen MR) is 108 cm³/mol. The Bertz CT molecular complexity index is 1040. The minimum Gasteiger partial charge on any atom is -0.327 e. The molecule has 1 N–H and O–H groups in total. The quantitative estimate of drug-likeness (QED) is 0.685. The van der Waals surface area contributed by atoms with Crippen LogP contribution in [-0.4, -0.2) is 49.0 Å². The molecule has 29 heavy (non-hydrogen) atoms. The Morgan fingerprint density at radius 3 is 2.76 bits per heavy atom. The number of nitrogens with zero attached hydrogens (tertiary/aromatic N) is 5. The van der Waals surface area contributed by atoms with Gasteiger partial charge in [0.05, 0.1) is 22.5 Å². The molecule has 10 heteroatoms. The highest BCUT2D eigenvalue weighted by atomic mass is 35.5. The lowest BCUT2D eigenvalue weighted by molar-refractivity contribution is -0.119. The molecule has 1 atom stereocenters. The topological polar surface area (TPSA) is 93.0 Å². The molecule has 1 fully saturated rings. The van der Waals surface area contributed by atoms with Crippen LogP contribution < -0.4 is 5.32 Å². The molecule has 0 bridgehead atoms. The number of aromatic nitrogens is 4. The molecule has 3 heterocycles. The monoisotopic (exact) mass is 430 g/mol. The molecule has 0 radical (unpaired) electrons. The molecular weight excluding hydrogens is 415 g/mol. The number of carbonyl (C=O) groups is 2. The van der Waals surface area contributed by atoms with Gasteiger partial charge in [-0.2, -0.15) is 5.10 Å². The van der Waals surface area contributed by atoms with Gasteiger partial charge < -0.3 is 10.2 Å². The molecule has 0 saturated carbocycles. The van der Waals surface area contributed by atoms with E-state index < -0.39 is 6.04 Å². The number of hydrogen-bond donors (Lipinski definition) is 1. The zero-order valence-electron chi connectivity index (χ0n) is 15.1. The summed E-state index contributed by atoms with van der Waals surface area (Å²) in [6.07, 6.45) is 5.77. The normalized spacial score (nSPS) is 16.1. The van der Waals surface area contributed by atoms with E-state index in [4.69, 9.17) is 23.2 Å². The number of halogens is 2. The first-order valence-electron chi connectivity index (χ1n) is 8.91. The Morgan fingerprint density at radius 2 is 2.03 bits per heavy atom. The molecule has 1 saturated heterocycles. The minimum atomic E-state index is -0.590. The van der Waals surface area contributed by atoms with Crippen molar-refractivity contribution in [3.8, 4) is 5.82 Å². The van der Waals surface area contributed by atoms with Gasteiger partial charge in [0.15, 0.2) is 5.82 Å². The first-order valence-corrected chi connectivity index (χ1v) is 9.66. The largest absolute Gasteiger partial charge is 0.327 e. The highest BCUT2D eigenvalue weighted by Gasteiger charge is 2.35. The molecule has 4 rings (SSSR count). The molecule has 0 spiro atoms. The third kappa shape index (κ3) is 4.08. The van der Waals surface area contributed by atoms with E-state index in [0.717, 1.165) is 6.42 Å². The lowest BCUT2D eigenvalue weighted by Gasteiger charge is -2.24. The summed E-state index contributed by atoms with van der Waals surface area (Å²) in [4.78, 5) is 35.4. The Hall–Kier alpha value is -2.97. The highest BCUT2D eigenvalue weighted by molar-refractivity contribution is 6.35. The van der Waals surface area contributed by atoms with Crippen LogP contribution in [0.2, 0.25) is 10.0 Å². The van der Waals surface area contributed by atoms with Crippen molar-refractivity contribution in [1.29, 1.82) is 0 Å². The van der Waals surface area contributed by atoms with Crippen molar-refractivity contribution < 1.29 is 9.59 Å². The average Bonchev–Trinajstić information content (AvgIpc) is 3.42. The summed E-state index contributed by atoms with van der Waals surface area (Å²) in [5.74, 6) is -0.00659. The van der Waals surface area contributed by atoms with Gasteiger partial charge in [0, 0.05) is 11.6 Å². The lowest BCUT2D eigenvalue weighted by atomic mass is 10.1. The van der Waals surface area contributed by atoms with Gasteiger partial charge in [-0.15, -0.1) is 0 Å². The maximum atomic E-state index is 12.9. The van der Waals surface area contributed by atoms with Gasteiger partial charge in [-0.25, -0.2) is 14.6 Å². The van der Waals surface area contributed by atoms with Gasteiger partial charge in [0.25, 0.3) is 5.91 Å². The number of carbonyl (C=O) groups excluding carboxylic acids is 2. The smallest absolute Gasteiger partial charge is 0.256 e. The van der Waals surface area contributed by atoms with E-state index in [-0.39, 0.29) is 17.4 Å². The molecular formula is C19H16Cl2N6O2. The number of nitrogens with one attached hydrogen (secondary N) is 1. The van der Waals surface area contributed by atoms with Gasteiger partial charge in [0.1, 0.15) is 18.7 Å². The van der Waals surface area contributed by atoms with Gasteiger partial charge in [-0.3, -0.25) is 9.59 Å². The van der Waals surface area contributed by atoms with E-state index in [2.05, 4.69) is 20.4 Å². The fourth-order valence-electron chi connectivity index (χ4n) is 3.25. The van der Waals surface area contributed by atoms with E-state index >= 15 is 0 Å². The molecule has 8 nitrogen and oxygen atoms in total. The second-order valence-electron chi connectivity index (χ2n) is 6.52. The zero-order valence-corrected chi connectivity index (χ0v) is 16.6. The molecule has 2 aromatic heterocycles.